The Morgan fingerprint density at radius 2 is 1.16 bits per heavy atom. The highest BCUT2D eigenvalue weighted by molar-refractivity contribution is 6.31. The van der Waals surface area contributed by atoms with Crippen LogP contribution in [0.1, 0.15) is 121 Å². The maximum Gasteiger partial charge on any atom is 0.185 e. The van der Waals surface area contributed by atoms with Gasteiger partial charge in [0.05, 0.1) is 83.1 Å². The van der Waals surface area contributed by atoms with Crippen LogP contribution in [-0.2, 0) is 32.5 Å². The van der Waals surface area contributed by atoms with Gasteiger partial charge in [-0.1, -0.05) is 33.6 Å². The van der Waals surface area contributed by atoms with Crippen LogP contribution >= 0.6 is 23.2 Å². The summed E-state index contributed by atoms with van der Waals surface area (Å²) >= 11 is 11.8. The molecule has 0 aliphatic heterocycles. The number of aromatic nitrogens is 14. The molecule has 10 heterocycles. The number of aliphatic hydroxyl groups is 1. The van der Waals surface area contributed by atoms with E-state index in [0.717, 1.165) is 35.9 Å². The third kappa shape index (κ3) is 8.96. The van der Waals surface area contributed by atoms with Crippen molar-refractivity contribution in [2.24, 2.45) is 0 Å². The van der Waals surface area contributed by atoms with Gasteiger partial charge >= 0.3 is 0 Å². The Hall–Kier alpha value is -7.55. The van der Waals surface area contributed by atoms with Gasteiger partial charge in [-0.25, -0.2) is 38.1 Å². The van der Waals surface area contributed by atoms with Gasteiger partial charge in [-0.15, -0.1) is 10.2 Å². The number of imidazole rings is 4. The molecular formula is C48H40Cl2F2N14O4. The number of carbonyl (C=O) groups excluding carboxylic acids is 3. The van der Waals surface area contributed by atoms with Crippen molar-refractivity contribution in [3.63, 3.8) is 0 Å². The minimum Gasteiger partial charge on any atom is -0.392 e. The van der Waals surface area contributed by atoms with Crippen LogP contribution < -0.4 is 0 Å². The van der Waals surface area contributed by atoms with E-state index in [1.807, 2.05) is 39.5 Å². The third-order valence-electron chi connectivity index (χ3n) is 12.6. The topological polar surface area (TPSA) is 202 Å². The minimum absolute atomic E-state index is 0.00416. The highest BCUT2D eigenvalue weighted by Crippen LogP contribution is 2.41. The Bertz CT molecular complexity index is 3680. The predicted octanol–water partition coefficient (Wildman–Crippen LogP) is 7.52. The van der Waals surface area contributed by atoms with Gasteiger partial charge in [0, 0.05) is 55.6 Å². The number of halogens is 4. The molecule has 0 spiro atoms. The summed E-state index contributed by atoms with van der Waals surface area (Å²) in [6.45, 7) is 0.556. The van der Waals surface area contributed by atoms with E-state index >= 15 is 0 Å². The summed E-state index contributed by atoms with van der Waals surface area (Å²) in [5, 5.41) is 25.9. The van der Waals surface area contributed by atoms with Crippen molar-refractivity contribution >= 4 is 63.4 Å². The molecule has 12 rings (SSSR count). The molecular weight excluding hydrogens is 946 g/mol. The molecule has 0 atom stereocenters. The van der Waals surface area contributed by atoms with Gasteiger partial charge in [0.2, 0.25) is 0 Å². The van der Waals surface area contributed by atoms with E-state index in [2.05, 4.69) is 46.8 Å². The van der Waals surface area contributed by atoms with Crippen LogP contribution in [0.15, 0.2) is 86.5 Å². The van der Waals surface area contributed by atoms with Crippen molar-refractivity contribution < 1.29 is 28.3 Å². The molecule has 0 unspecified atom stereocenters. The molecule has 0 radical (unpaired) electrons. The maximum absolute atomic E-state index is 14.4. The molecule has 0 saturated heterocycles. The fourth-order valence-corrected chi connectivity index (χ4v) is 8.96. The lowest BCUT2D eigenvalue weighted by Gasteiger charge is -2.04. The van der Waals surface area contributed by atoms with Gasteiger partial charge < -0.3 is 22.7 Å². The van der Waals surface area contributed by atoms with Gasteiger partial charge in [0.15, 0.2) is 29.5 Å². The number of fused-ring (bicyclic) bond motifs is 4. The molecule has 2 saturated carbocycles. The molecule has 0 aromatic carbocycles. The van der Waals surface area contributed by atoms with E-state index in [4.69, 9.17) is 23.2 Å². The van der Waals surface area contributed by atoms with Gasteiger partial charge in [0.25, 0.3) is 0 Å². The van der Waals surface area contributed by atoms with Crippen LogP contribution in [0.5, 0.6) is 0 Å². The first-order valence-electron chi connectivity index (χ1n) is 22.5. The number of rotatable bonds is 16. The number of aldehydes is 1. The first-order chi connectivity index (χ1) is 34.0. The monoisotopic (exact) mass is 984 g/mol. The molecule has 0 bridgehead atoms. The van der Waals surface area contributed by atoms with Crippen molar-refractivity contribution in [3.05, 3.63) is 165 Å². The summed E-state index contributed by atoms with van der Waals surface area (Å²) in [5.41, 5.74) is 8.33. The lowest BCUT2D eigenvalue weighted by atomic mass is 10.1. The average molecular weight is 986 g/mol. The van der Waals surface area contributed by atoms with E-state index in [-0.39, 0.29) is 76.3 Å². The van der Waals surface area contributed by atoms with Crippen LogP contribution in [0, 0.1) is 11.6 Å². The van der Waals surface area contributed by atoms with Crippen LogP contribution in [0.2, 0.25) is 10.0 Å². The standard InChI is InChI=1S/C24H21ClFN7O2.C24H19ClFN7O2/c2*25-18-5-6-31-13-27-19(23(31)22(18)26)3-4-21(35)20-11-33(30-29-20)10-17-9-32-8-15(14-1-2-14)7-16(12-34)24(32)28-17/h5-9,11,13-14,34H,1-4,10,12H2;5-9,11-14H,1-4,10H2. The number of pyridine rings is 4. The highest BCUT2D eigenvalue weighted by atomic mass is 35.5. The van der Waals surface area contributed by atoms with Crippen LogP contribution in [0.3, 0.4) is 0 Å². The molecule has 10 aromatic heterocycles. The smallest absolute Gasteiger partial charge is 0.185 e. The summed E-state index contributed by atoms with van der Waals surface area (Å²) in [7, 11) is 0. The lowest BCUT2D eigenvalue weighted by molar-refractivity contribution is 0.0970. The van der Waals surface area contributed by atoms with Crippen molar-refractivity contribution in [3.8, 4) is 0 Å². The minimum atomic E-state index is -0.561. The quantitative estimate of drug-likeness (QED) is 0.0738. The normalized spacial score (nSPS) is 13.7. The number of hydrogen-bond acceptors (Lipinski definition) is 12. The zero-order valence-corrected chi connectivity index (χ0v) is 38.5. The van der Waals surface area contributed by atoms with E-state index < -0.39 is 11.6 Å². The van der Waals surface area contributed by atoms with Gasteiger partial charge in [-0.3, -0.25) is 14.4 Å². The second-order valence-electron chi connectivity index (χ2n) is 17.6. The number of nitrogens with zero attached hydrogens (tertiary/aromatic N) is 14. The highest BCUT2D eigenvalue weighted by Gasteiger charge is 2.27. The van der Waals surface area contributed by atoms with Crippen molar-refractivity contribution in [2.45, 2.75) is 82.9 Å². The Labute approximate surface area is 405 Å². The van der Waals surface area contributed by atoms with E-state index in [9.17, 15) is 28.3 Å². The van der Waals surface area contributed by atoms with Gasteiger partial charge in [-0.05, 0) is 85.8 Å². The molecule has 18 nitrogen and oxygen atoms in total. The Balaban J connectivity index is 0.000000152. The van der Waals surface area contributed by atoms with Crippen LogP contribution in [0.4, 0.5) is 8.78 Å². The largest absolute Gasteiger partial charge is 0.392 e. The van der Waals surface area contributed by atoms with Crippen LogP contribution in [0.25, 0.3) is 22.3 Å². The van der Waals surface area contributed by atoms with Gasteiger partial charge in [0.1, 0.15) is 33.7 Å². The molecule has 70 heavy (non-hydrogen) atoms. The van der Waals surface area contributed by atoms with Gasteiger partial charge in [-0.2, -0.15) is 0 Å². The summed E-state index contributed by atoms with van der Waals surface area (Å²) in [5.74, 6) is -0.483. The zero-order chi connectivity index (χ0) is 48.2. The predicted molar refractivity (Wildman–Crippen MR) is 250 cm³/mol. The fraction of sp³-hybridized carbons (Fsp3) is 0.271. The molecule has 354 valence electrons. The number of carbonyl (C=O) groups is 3. The van der Waals surface area contributed by atoms with Crippen molar-refractivity contribution in [1.82, 2.24) is 67.5 Å². The van der Waals surface area contributed by atoms with E-state index in [0.29, 0.717) is 58.9 Å². The third-order valence-corrected chi connectivity index (χ3v) is 13.1. The first-order valence-corrected chi connectivity index (χ1v) is 23.3. The first kappa shape index (κ1) is 44.9. The molecule has 10 aromatic rings. The van der Waals surface area contributed by atoms with E-state index in [1.165, 1.54) is 52.3 Å². The fourth-order valence-electron chi connectivity index (χ4n) is 8.67. The SMILES string of the molecule is O=C(CCc1ncn2ccc(Cl)c(F)c12)c1cn(Cc2cn3cc(C4CC4)cc(CO)c3n2)nn1.O=Cc1cc(C2CC2)cn2cc(Cn3cc(C(=O)CCc4ncn5ccc(Cl)c(F)c45)nn3)nc12. The van der Waals surface area contributed by atoms with Crippen molar-refractivity contribution in [2.75, 3.05) is 0 Å². The Kier molecular flexibility index (Phi) is 11.8. The molecule has 2 fully saturated rings. The van der Waals surface area contributed by atoms with Crippen molar-refractivity contribution in [1.29, 1.82) is 0 Å². The molecule has 0 amide bonds. The summed E-state index contributed by atoms with van der Waals surface area (Å²) in [6, 6.07) is 6.84. The number of ketones is 2. The summed E-state index contributed by atoms with van der Waals surface area (Å²) < 4.78 is 38.8. The second kappa shape index (κ2) is 18.4. The molecule has 2 aliphatic rings. The maximum atomic E-state index is 14.4. The molecule has 1 N–H and O–H groups in total. The van der Waals surface area contributed by atoms with Crippen LogP contribution in [-0.4, -0.2) is 90.5 Å². The average Bonchev–Trinajstić information content (AvgIpc) is 3.94. The zero-order valence-electron chi connectivity index (χ0n) is 37.0. The second-order valence-corrected chi connectivity index (χ2v) is 18.4. The molecule has 22 heteroatoms. The Morgan fingerprint density at radius 3 is 1.64 bits per heavy atom. The lowest BCUT2D eigenvalue weighted by Crippen LogP contribution is -2.03. The number of aryl methyl sites for hydroxylation is 2. The molecule has 2 aliphatic carbocycles. The number of hydrogen-bond donors (Lipinski definition) is 1. The number of Topliss-reactive ketones (excluding diaryl/α,β-unsaturated/α-hetero) is 2. The summed E-state index contributed by atoms with van der Waals surface area (Å²) in [6.07, 6.45) is 23.4. The summed E-state index contributed by atoms with van der Waals surface area (Å²) in [4.78, 5) is 54.6. The Morgan fingerprint density at radius 1 is 0.671 bits per heavy atom. The number of aliphatic hydroxyl groups excluding tert-OH is 1. The van der Waals surface area contributed by atoms with E-state index in [1.54, 1.807) is 33.9 Å².